The van der Waals surface area contributed by atoms with E-state index in [2.05, 4.69) is 5.32 Å². The van der Waals surface area contributed by atoms with Crippen molar-refractivity contribution in [3.63, 3.8) is 0 Å². The van der Waals surface area contributed by atoms with E-state index in [1.165, 1.54) is 10.8 Å². The molecule has 0 fully saturated rings. The maximum Gasteiger partial charge on any atom is 0.274 e. The molecule has 3 heterocycles. The van der Waals surface area contributed by atoms with Gasteiger partial charge < -0.3 is 19.9 Å². The van der Waals surface area contributed by atoms with Gasteiger partial charge in [0.1, 0.15) is 22.2 Å². The number of carbonyl (C=O) groups is 2. The molecule has 2 aromatic rings. The van der Waals surface area contributed by atoms with Crippen LogP contribution in [0.25, 0.3) is 0 Å². The number of nitrogens with zero attached hydrogens (tertiary/aromatic N) is 2. The van der Waals surface area contributed by atoms with E-state index in [9.17, 15) is 28.3 Å². The van der Waals surface area contributed by atoms with E-state index in [0.29, 0.717) is 19.5 Å². The zero-order valence-corrected chi connectivity index (χ0v) is 16.2. The summed E-state index contributed by atoms with van der Waals surface area (Å²) in [6.07, 6.45) is 5.59. The molecule has 2 aliphatic rings. The number of amides is 2. The number of nitrogens with one attached hydrogen (secondary N) is 1. The molecular formula is C20H16ClF2N3O4. The van der Waals surface area contributed by atoms with Crippen molar-refractivity contribution in [3.05, 3.63) is 74.2 Å². The van der Waals surface area contributed by atoms with E-state index in [4.69, 9.17) is 11.6 Å². The van der Waals surface area contributed by atoms with Crippen LogP contribution in [0.3, 0.4) is 0 Å². The largest absolute Gasteiger partial charge is 0.503 e. The van der Waals surface area contributed by atoms with Crippen LogP contribution in [0, 0.1) is 11.6 Å². The van der Waals surface area contributed by atoms with Crippen molar-refractivity contribution in [2.75, 3.05) is 13.1 Å². The highest BCUT2D eigenvalue weighted by molar-refractivity contribution is 6.30. The predicted octanol–water partition coefficient (Wildman–Crippen LogP) is 2.37. The van der Waals surface area contributed by atoms with Gasteiger partial charge >= 0.3 is 0 Å². The molecule has 7 nitrogen and oxygen atoms in total. The number of benzene rings is 1. The SMILES string of the molecule is O=C(NCc1ccc(F)c(Cl)c1F)c1cn2c(c(O)c1=O)C(=O)N1CCC=CC2C1. The molecule has 0 radical (unpaired) electrons. The van der Waals surface area contributed by atoms with Crippen LogP contribution in [0.1, 0.15) is 38.9 Å². The topological polar surface area (TPSA) is 91.6 Å². The number of halogens is 3. The van der Waals surface area contributed by atoms with Crippen molar-refractivity contribution in [1.82, 2.24) is 14.8 Å². The first-order valence-electron chi connectivity index (χ1n) is 9.14. The fraction of sp³-hybridized carbons (Fsp3) is 0.250. The molecule has 1 atom stereocenters. The highest BCUT2D eigenvalue weighted by Gasteiger charge is 2.35. The first kappa shape index (κ1) is 20.1. The van der Waals surface area contributed by atoms with Crippen molar-refractivity contribution in [1.29, 1.82) is 0 Å². The van der Waals surface area contributed by atoms with Gasteiger partial charge in [0.15, 0.2) is 11.4 Å². The molecular weight excluding hydrogens is 420 g/mol. The number of hydrogen-bond donors (Lipinski definition) is 2. The lowest BCUT2D eigenvalue weighted by Gasteiger charge is -2.33. The Kier molecular flexibility index (Phi) is 5.07. The minimum absolute atomic E-state index is 0.0745. The van der Waals surface area contributed by atoms with Gasteiger partial charge in [0.25, 0.3) is 11.8 Å². The maximum absolute atomic E-state index is 14.0. The Morgan fingerprint density at radius 1 is 1.30 bits per heavy atom. The molecule has 10 heteroatoms. The van der Waals surface area contributed by atoms with Crippen molar-refractivity contribution in [3.8, 4) is 5.75 Å². The van der Waals surface area contributed by atoms with E-state index in [1.807, 2.05) is 12.2 Å². The number of aromatic nitrogens is 1. The number of fused-ring (bicyclic) bond motifs is 4. The molecule has 1 unspecified atom stereocenters. The van der Waals surface area contributed by atoms with Crippen molar-refractivity contribution >= 4 is 23.4 Å². The third-order valence-corrected chi connectivity index (χ3v) is 5.53. The highest BCUT2D eigenvalue weighted by Crippen LogP contribution is 2.29. The van der Waals surface area contributed by atoms with Gasteiger partial charge in [0, 0.05) is 31.4 Å². The summed E-state index contributed by atoms with van der Waals surface area (Å²) < 4.78 is 28.7. The maximum atomic E-state index is 14.0. The van der Waals surface area contributed by atoms with Crippen molar-refractivity contribution < 1.29 is 23.5 Å². The fourth-order valence-corrected chi connectivity index (χ4v) is 3.79. The zero-order valence-electron chi connectivity index (χ0n) is 15.5. The van der Waals surface area contributed by atoms with Gasteiger partial charge in [-0.15, -0.1) is 0 Å². The van der Waals surface area contributed by atoms with Crippen LogP contribution < -0.4 is 10.7 Å². The number of hydrogen-bond acceptors (Lipinski definition) is 4. The van der Waals surface area contributed by atoms with Gasteiger partial charge in [-0.2, -0.15) is 0 Å². The van der Waals surface area contributed by atoms with Crippen LogP contribution in [-0.4, -0.2) is 39.5 Å². The Bertz CT molecular complexity index is 1160. The second-order valence-corrected chi connectivity index (χ2v) is 7.41. The third-order valence-electron chi connectivity index (χ3n) is 5.19. The molecule has 2 bridgehead atoms. The second-order valence-electron chi connectivity index (χ2n) is 7.03. The molecule has 2 amide bonds. The number of aromatic hydroxyl groups is 1. The summed E-state index contributed by atoms with van der Waals surface area (Å²) in [6, 6.07) is 1.74. The first-order valence-corrected chi connectivity index (χ1v) is 9.52. The molecule has 0 saturated heterocycles. The van der Waals surface area contributed by atoms with Gasteiger partial charge in [0.05, 0.1) is 6.04 Å². The molecule has 30 heavy (non-hydrogen) atoms. The molecule has 2 aliphatic heterocycles. The van der Waals surface area contributed by atoms with Crippen LogP contribution in [0.15, 0.2) is 35.3 Å². The van der Waals surface area contributed by atoms with Crippen molar-refractivity contribution in [2.45, 2.75) is 19.0 Å². The lowest BCUT2D eigenvalue weighted by Crippen LogP contribution is -2.44. The Labute approximate surface area is 174 Å². The normalized spacial score (nSPS) is 17.5. The summed E-state index contributed by atoms with van der Waals surface area (Å²) in [6.45, 7) is 0.459. The van der Waals surface area contributed by atoms with Crippen LogP contribution in [0.5, 0.6) is 5.75 Å². The summed E-state index contributed by atoms with van der Waals surface area (Å²) in [5.41, 5.74) is -1.65. The van der Waals surface area contributed by atoms with E-state index in [0.717, 1.165) is 12.1 Å². The number of pyridine rings is 1. The van der Waals surface area contributed by atoms with Crippen LogP contribution in [0.2, 0.25) is 5.02 Å². The standard InChI is InChI=1S/C20H16ClF2N3O4/c21-14-13(22)5-4-10(15(14)23)7-24-19(29)12-9-26-11-3-1-2-6-25(8-11)20(30)16(26)18(28)17(12)27/h1,3-5,9,11,28H,2,6-8H2,(H,24,29). The molecule has 2 N–H and O–H groups in total. The van der Waals surface area contributed by atoms with E-state index >= 15 is 0 Å². The van der Waals surface area contributed by atoms with Gasteiger partial charge in [-0.1, -0.05) is 29.8 Å². The molecule has 1 aromatic heterocycles. The van der Waals surface area contributed by atoms with Crippen molar-refractivity contribution in [2.24, 2.45) is 0 Å². The monoisotopic (exact) mass is 435 g/mol. The van der Waals surface area contributed by atoms with Gasteiger partial charge in [-0.3, -0.25) is 14.4 Å². The van der Waals surface area contributed by atoms with E-state index < -0.39 is 45.2 Å². The van der Waals surface area contributed by atoms with E-state index in [-0.39, 0.29) is 23.8 Å². The van der Waals surface area contributed by atoms with E-state index in [1.54, 1.807) is 4.90 Å². The summed E-state index contributed by atoms with van der Waals surface area (Å²) in [4.78, 5) is 39.3. The second kappa shape index (κ2) is 7.56. The van der Waals surface area contributed by atoms with Gasteiger partial charge in [-0.05, 0) is 12.5 Å². The fourth-order valence-electron chi connectivity index (χ4n) is 3.60. The Balaban J connectivity index is 1.67. The highest BCUT2D eigenvalue weighted by atomic mass is 35.5. The summed E-state index contributed by atoms with van der Waals surface area (Å²) in [7, 11) is 0. The Morgan fingerprint density at radius 2 is 2.07 bits per heavy atom. The van der Waals surface area contributed by atoms with Crippen LogP contribution in [-0.2, 0) is 6.54 Å². The molecule has 0 aliphatic carbocycles. The summed E-state index contributed by atoms with van der Waals surface area (Å²) in [5, 5.41) is 12.0. The van der Waals surface area contributed by atoms with Gasteiger partial charge in [-0.25, -0.2) is 8.78 Å². The Morgan fingerprint density at radius 3 is 2.83 bits per heavy atom. The van der Waals surface area contributed by atoms with Gasteiger partial charge in [0.2, 0.25) is 5.43 Å². The molecule has 1 aromatic carbocycles. The number of carbonyl (C=O) groups excluding carboxylic acids is 2. The van der Waals surface area contributed by atoms with Crippen LogP contribution in [0.4, 0.5) is 8.78 Å². The molecule has 156 valence electrons. The average molecular weight is 436 g/mol. The molecule has 4 rings (SSSR count). The average Bonchev–Trinajstić information content (AvgIpc) is 2.95. The number of rotatable bonds is 3. The summed E-state index contributed by atoms with van der Waals surface area (Å²) >= 11 is 5.53. The first-order chi connectivity index (χ1) is 14.3. The molecule has 0 saturated carbocycles. The summed E-state index contributed by atoms with van der Waals surface area (Å²) in [5.74, 6) is -4.13. The zero-order chi connectivity index (χ0) is 21.6. The minimum atomic E-state index is -1.02. The van der Waals surface area contributed by atoms with Crippen LogP contribution >= 0.6 is 11.6 Å². The third kappa shape index (κ3) is 3.24. The Hall–Kier alpha value is -3.20. The lowest BCUT2D eigenvalue weighted by molar-refractivity contribution is 0.0687. The smallest absolute Gasteiger partial charge is 0.274 e. The lowest BCUT2D eigenvalue weighted by atomic mass is 10.1. The predicted molar refractivity (Wildman–Crippen MR) is 104 cm³/mol. The quantitative estimate of drug-likeness (QED) is 0.572. The molecule has 0 spiro atoms. The minimum Gasteiger partial charge on any atom is -0.503 e.